The number of piperidine rings is 1. The van der Waals surface area contributed by atoms with Crippen molar-refractivity contribution in [2.75, 3.05) is 26.2 Å². The van der Waals surface area contributed by atoms with Gasteiger partial charge in [0.05, 0.1) is 10.5 Å². The summed E-state index contributed by atoms with van der Waals surface area (Å²) < 4.78 is 77.5. The van der Waals surface area contributed by atoms with E-state index in [2.05, 4.69) is 5.32 Å². The number of alkyl halides is 3. The van der Waals surface area contributed by atoms with E-state index in [1.54, 1.807) is 0 Å². The van der Waals surface area contributed by atoms with Crippen molar-refractivity contribution in [3.63, 3.8) is 0 Å². The second-order valence-electron chi connectivity index (χ2n) is 5.79. The van der Waals surface area contributed by atoms with Gasteiger partial charge in [0.25, 0.3) is 0 Å². The minimum atomic E-state index is -4.85. The Balaban J connectivity index is 0.00000312. The lowest BCUT2D eigenvalue weighted by atomic mass is 9.98. The molecule has 0 aliphatic carbocycles. The van der Waals surface area contributed by atoms with Gasteiger partial charge in [0, 0.05) is 13.1 Å². The van der Waals surface area contributed by atoms with Gasteiger partial charge in [-0.2, -0.15) is 17.5 Å². The molecular formula is C15H21ClF4N2O2S. The molecule has 0 amide bonds. The van der Waals surface area contributed by atoms with E-state index in [1.807, 2.05) is 6.92 Å². The molecule has 1 aliphatic heterocycles. The number of sulfonamides is 1. The zero-order chi connectivity index (χ0) is 18.0. The Labute approximate surface area is 151 Å². The fraction of sp³-hybridized carbons (Fsp3) is 0.600. The maximum atomic E-state index is 13.6. The topological polar surface area (TPSA) is 49.4 Å². The first kappa shape index (κ1) is 22.1. The van der Waals surface area contributed by atoms with E-state index < -0.39 is 32.5 Å². The molecule has 1 aliphatic rings. The summed E-state index contributed by atoms with van der Waals surface area (Å²) in [5.41, 5.74) is -1.47. The van der Waals surface area contributed by atoms with E-state index in [1.165, 1.54) is 4.31 Å². The largest absolute Gasteiger partial charge is 0.419 e. The summed E-state index contributed by atoms with van der Waals surface area (Å²) in [5.74, 6) is -1.22. The molecule has 0 unspecified atom stereocenters. The van der Waals surface area contributed by atoms with Gasteiger partial charge in [-0.05, 0) is 50.0 Å². The molecule has 1 heterocycles. The van der Waals surface area contributed by atoms with Gasteiger partial charge in [-0.25, -0.2) is 12.8 Å². The van der Waals surface area contributed by atoms with Crippen LogP contribution in [0.1, 0.15) is 25.3 Å². The normalized spacial score (nSPS) is 17.3. The minimum absolute atomic E-state index is 0. The third-order valence-electron chi connectivity index (χ3n) is 4.14. The van der Waals surface area contributed by atoms with E-state index in [0.29, 0.717) is 30.9 Å². The molecule has 144 valence electrons. The fourth-order valence-corrected chi connectivity index (χ4v) is 4.22. The number of benzene rings is 1. The Morgan fingerprint density at radius 3 is 2.32 bits per heavy atom. The molecule has 4 nitrogen and oxygen atoms in total. The number of nitrogens with zero attached hydrogens (tertiary/aromatic N) is 1. The second kappa shape index (κ2) is 8.66. The third kappa shape index (κ3) is 5.29. The van der Waals surface area contributed by atoms with Gasteiger partial charge >= 0.3 is 6.18 Å². The molecule has 1 aromatic carbocycles. The number of halogens is 5. The minimum Gasteiger partial charge on any atom is -0.317 e. The number of rotatable bonds is 5. The molecule has 0 radical (unpaired) electrons. The van der Waals surface area contributed by atoms with Crippen molar-refractivity contribution >= 4 is 22.4 Å². The highest BCUT2D eigenvalue weighted by Gasteiger charge is 2.36. The molecule has 1 aromatic rings. The van der Waals surface area contributed by atoms with E-state index >= 15 is 0 Å². The van der Waals surface area contributed by atoms with Crippen LogP contribution in [0.15, 0.2) is 23.1 Å². The molecule has 0 spiro atoms. The lowest BCUT2D eigenvalue weighted by molar-refractivity contribution is -0.140. The highest BCUT2D eigenvalue weighted by Crippen LogP contribution is 2.33. The van der Waals surface area contributed by atoms with Gasteiger partial charge in [0.1, 0.15) is 5.82 Å². The third-order valence-corrected chi connectivity index (χ3v) is 6.03. The van der Waals surface area contributed by atoms with E-state index in [0.717, 1.165) is 19.2 Å². The smallest absolute Gasteiger partial charge is 0.317 e. The molecular weight excluding hydrogens is 384 g/mol. The standard InChI is InChI=1S/C15H20F4N2O2S.ClH/c1-2-20-10-11-5-7-21(8-6-11)24(22,23)12-3-4-13(14(16)9-12)15(17,18)19;/h3-4,9,11,20H,2,5-8,10H2,1H3;1H. The van der Waals surface area contributed by atoms with Gasteiger partial charge < -0.3 is 5.32 Å². The first-order valence-corrected chi connectivity index (χ1v) is 9.18. The first-order valence-electron chi connectivity index (χ1n) is 7.74. The molecule has 0 aromatic heterocycles. The number of hydrogen-bond donors (Lipinski definition) is 1. The van der Waals surface area contributed by atoms with Crippen LogP contribution in [0.25, 0.3) is 0 Å². The van der Waals surface area contributed by atoms with Crippen LogP contribution in [0.4, 0.5) is 17.6 Å². The fourth-order valence-electron chi connectivity index (χ4n) is 2.74. The summed E-state index contributed by atoms with van der Waals surface area (Å²) in [6.45, 7) is 4.18. The SMILES string of the molecule is CCNCC1CCN(S(=O)(=O)c2ccc(C(F)(F)F)c(F)c2)CC1.Cl. The average molecular weight is 405 g/mol. The van der Waals surface area contributed by atoms with Crippen LogP contribution in [0.2, 0.25) is 0 Å². The van der Waals surface area contributed by atoms with Crippen molar-refractivity contribution in [1.29, 1.82) is 0 Å². The van der Waals surface area contributed by atoms with Crippen LogP contribution in [0.5, 0.6) is 0 Å². The van der Waals surface area contributed by atoms with Crippen LogP contribution in [0.3, 0.4) is 0 Å². The molecule has 0 bridgehead atoms. The predicted octanol–water partition coefficient (Wildman–Crippen LogP) is 3.28. The molecule has 25 heavy (non-hydrogen) atoms. The lowest BCUT2D eigenvalue weighted by Crippen LogP contribution is -2.40. The van der Waals surface area contributed by atoms with Crippen molar-refractivity contribution in [3.05, 3.63) is 29.6 Å². The van der Waals surface area contributed by atoms with Crippen LogP contribution in [-0.4, -0.2) is 38.9 Å². The Kier molecular flexibility index (Phi) is 7.67. The molecule has 2 rings (SSSR count). The van der Waals surface area contributed by atoms with Crippen molar-refractivity contribution < 1.29 is 26.0 Å². The van der Waals surface area contributed by atoms with Crippen molar-refractivity contribution in [2.24, 2.45) is 5.92 Å². The molecule has 10 heteroatoms. The average Bonchev–Trinajstić information content (AvgIpc) is 2.52. The van der Waals surface area contributed by atoms with Crippen molar-refractivity contribution in [3.8, 4) is 0 Å². The van der Waals surface area contributed by atoms with Crippen molar-refractivity contribution in [1.82, 2.24) is 9.62 Å². The van der Waals surface area contributed by atoms with Crippen LogP contribution < -0.4 is 5.32 Å². The summed E-state index contributed by atoms with van der Waals surface area (Å²) >= 11 is 0. The van der Waals surface area contributed by atoms with Crippen LogP contribution in [-0.2, 0) is 16.2 Å². The van der Waals surface area contributed by atoms with Gasteiger partial charge in [-0.15, -0.1) is 12.4 Å². The van der Waals surface area contributed by atoms with Gasteiger partial charge in [0.2, 0.25) is 10.0 Å². The number of hydrogen-bond acceptors (Lipinski definition) is 3. The maximum Gasteiger partial charge on any atom is 0.419 e. The molecule has 0 atom stereocenters. The Hall–Kier alpha value is -0.900. The molecule has 0 saturated carbocycles. The molecule has 1 fully saturated rings. The monoisotopic (exact) mass is 404 g/mol. The first-order chi connectivity index (χ1) is 11.2. The highest BCUT2D eigenvalue weighted by molar-refractivity contribution is 7.89. The van der Waals surface area contributed by atoms with E-state index in [4.69, 9.17) is 0 Å². The summed E-state index contributed by atoms with van der Waals surface area (Å²) in [4.78, 5) is -0.446. The zero-order valence-corrected chi connectivity index (χ0v) is 15.3. The van der Waals surface area contributed by atoms with Crippen LogP contribution in [0, 0.1) is 11.7 Å². The zero-order valence-electron chi connectivity index (χ0n) is 13.6. The molecule has 1 N–H and O–H groups in total. The summed E-state index contributed by atoms with van der Waals surface area (Å²) in [6, 6.07) is 1.73. The summed E-state index contributed by atoms with van der Waals surface area (Å²) in [5, 5.41) is 3.21. The summed E-state index contributed by atoms with van der Waals surface area (Å²) in [6.07, 6.45) is -3.53. The number of nitrogens with one attached hydrogen (secondary N) is 1. The van der Waals surface area contributed by atoms with Gasteiger partial charge in [0.15, 0.2) is 0 Å². The van der Waals surface area contributed by atoms with Crippen molar-refractivity contribution in [2.45, 2.75) is 30.8 Å². The van der Waals surface area contributed by atoms with Gasteiger partial charge in [-0.1, -0.05) is 6.92 Å². The maximum absolute atomic E-state index is 13.6. The quantitative estimate of drug-likeness (QED) is 0.766. The molecule has 1 saturated heterocycles. The van der Waals surface area contributed by atoms with E-state index in [9.17, 15) is 26.0 Å². The highest BCUT2D eigenvalue weighted by atomic mass is 35.5. The summed E-state index contributed by atoms with van der Waals surface area (Å²) in [7, 11) is -3.99. The Bertz CT molecular complexity index is 675. The Morgan fingerprint density at radius 2 is 1.84 bits per heavy atom. The lowest BCUT2D eigenvalue weighted by Gasteiger charge is -2.31. The van der Waals surface area contributed by atoms with Gasteiger partial charge in [-0.3, -0.25) is 0 Å². The predicted molar refractivity (Wildman–Crippen MR) is 88.7 cm³/mol. The Morgan fingerprint density at radius 1 is 1.24 bits per heavy atom. The van der Waals surface area contributed by atoms with E-state index in [-0.39, 0.29) is 25.5 Å². The van der Waals surface area contributed by atoms with Crippen LogP contribution >= 0.6 is 12.4 Å². The second-order valence-corrected chi connectivity index (χ2v) is 7.73.